The molecule has 0 aliphatic rings. The Balaban J connectivity index is 2.35. The molecule has 0 saturated heterocycles. The van der Waals surface area contributed by atoms with Crippen LogP contribution in [-0.2, 0) is 10.8 Å². The summed E-state index contributed by atoms with van der Waals surface area (Å²) in [5.41, 5.74) is 1.10. The summed E-state index contributed by atoms with van der Waals surface area (Å²) < 4.78 is 12.1. The van der Waals surface area contributed by atoms with Crippen molar-refractivity contribution in [2.75, 3.05) is 0 Å². The fourth-order valence-electron chi connectivity index (χ4n) is 1.36. The normalized spacial score (nSPS) is 12.4. The molecular formula is C13H10ClOS. The van der Waals surface area contributed by atoms with Gasteiger partial charge in [-0.05, 0) is 42.8 Å². The lowest BCUT2D eigenvalue weighted by Crippen LogP contribution is -1.93. The van der Waals surface area contributed by atoms with Crippen LogP contribution >= 0.6 is 11.6 Å². The minimum Gasteiger partial charge on any atom is -0.249 e. The number of hydrogen-bond acceptors (Lipinski definition) is 1. The molecular weight excluding hydrogens is 240 g/mol. The van der Waals surface area contributed by atoms with Gasteiger partial charge in [0.15, 0.2) is 0 Å². The highest BCUT2D eigenvalue weighted by Gasteiger charge is 2.06. The number of hydrogen-bond donors (Lipinski definition) is 0. The summed E-state index contributed by atoms with van der Waals surface area (Å²) in [6, 6.07) is 15.7. The van der Waals surface area contributed by atoms with E-state index >= 15 is 0 Å². The van der Waals surface area contributed by atoms with Crippen molar-refractivity contribution in [3.8, 4) is 0 Å². The lowest BCUT2D eigenvalue weighted by atomic mass is 10.2. The van der Waals surface area contributed by atoms with Crippen LogP contribution in [0, 0.1) is 13.0 Å². The van der Waals surface area contributed by atoms with Gasteiger partial charge in [0.2, 0.25) is 0 Å². The maximum absolute atomic E-state index is 12.1. The summed E-state index contributed by atoms with van der Waals surface area (Å²) >= 11 is 5.76. The van der Waals surface area contributed by atoms with Gasteiger partial charge in [-0.25, -0.2) is 4.21 Å². The highest BCUT2D eigenvalue weighted by atomic mass is 35.5. The van der Waals surface area contributed by atoms with Gasteiger partial charge in [0, 0.05) is 16.0 Å². The first kappa shape index (κ1) is 11.4. The third-order valence-electron chi connectivity index (χ3n) is 2.15. The van der Waals surface area contributed by atoms with Crippen molar-refractivity contribution in [3.63, 3.8) is 0 Å². The van der Waals surface area contributed by atoms with E-state index in [4.69, 9.17) is 11.6 Å². The van der Waals surface area contributed by atoms with Crippen LogP contribution < -0.4 is 0 Å². The van der Waals surface area contributed by atoms with E-state index in [1.54, 1.807) is 18.2 Å². The van der Waals surface area contributed by atoms with Crippen LogP contribution in [0.5, 0.6) is 0 Å². The smallest absolute Gasteiger partial charge is 0.0856 e. The molecule has 0 bridgehead atoms. The van der Waals surface area contributed by atoms with Gasteiger partial charge in [0.1, 0.15) is 0 Å². The molecule has 2 aromatic carbocycles. The molecule has 0 aliphatic heterocycles. The van der Waals surface area contributed by atoms with Crippen molar-refractivity contribution in [2.24, 2.45) is 0 Å². The maximum Gasteiger partial charge on any atom is 0.0856 e. The quantitative estimate of drug-likeness (QED) is 0.795. The average molecular weight is 250 g/mol. The first-order valence-electron chi connectivity index (χ1n) is 4.82. The summed E-state index contributed by atoms with van der Waals surface area (Å²) in [6.45, 7) is 1.98. The first-order chi connectivity index (χ1) is 7.66. The Bertz CT molecular complexity index is 520. The van der Waals surface area contributed by atoms with Crippen molar-refractivity contribution < 1.29 is 4.21 Å². The van der Waals surface area contributed by atoms with Gasteiger partial charge in [0.25, 0.3) is 0 Å². The number of rotatable bonds is 2. The zero-order chi connectivity index (χ0) is 11.5. The summed E-state index contributed by atoms with van der Waals surface area (Å²) in [7, 11) is -1.18. The van der Waals surface area contributed by atoms with E-state index in [1.807, 2.05) is 31.2 Å². The minimum atomic E-state index is -1.18. The standard InChI is InChI=1S/C13H10ClOS/c1-10-3-2-4-13(9-10)16(15)12-7-5-11(14)6-8-12/h2-7,9H,1H3. The van der Waals surface area contributed by atoms with Crippen LogP contribution in [0.25, 0.3) is 0 Å². The summed E-state index contributed by atoms with van der Waals surface area (Å²) in [4.78, 5) is 1.44. The van der Waals surface area contributed by atoms with Gasteiger partial charge in [-0.2, -0.15) is 0 Å². The molecule has 0 aliphatic carbocycles. The lowest BCUT2D eigenvalue weighted by Gasteiger charge is -2.02. The van der Waals surface area contributed by atoms with Crippen LogP contribution in [0.2, 0.25) is 5.02 Å². The third kappa shape index (κ3) is 2.52. The zero-order valence-corrected chi connectivity index (χ0v) is 10.3. The third-order valence-corrected chi connectivity index (χ3v) is 3.72. The second-order valence-corrected chi connectivity index (χ2v) is 5.34. The molecule has 1 unspecified atom stereocenters. The highest BCUT2D eigenvalue weighted by molar-refractivity contribution is 7.85. The molecule has 0 fully saturated rings. The molecule has 1 nitrogen and oxygen atoms in total. The maximum atomic E-state index is 12.1. The molecule has 0 aromatic heterocycles. The van der Waals surface area contributed by atoms with Crippen LogP contribution in [0.15, 0.2) is 52.3 Å². The topological polar surface area (TPSA) is 17.1 Å². The van der Waals surface area contributed by atoms with Crippen molar-refractivity contribution in [1.29, 1.82) is 0 Å². The molecule has 0 amide bonds. The number of benzene rings is 2. The summed E-state index contributed by atoms with van der Waals surface area (Å²) in [5, 5.41) is 0.602. The zero-order valence-electron chi connectivity index (χ0n) is 8.74. The van der Waals surface area contributed by atoms with E-state index in [9.17, 15) is 4.21 Å². The Labute approximate surface area is 103 Å². The summed E-state index contributed by atoms with van der Waals surface area (Å²) in [5.74, 6) is 0. The number of halogens is 1. The minimum absolute atomic E-state index is 0.602. The van der Waals surface area contributed by atoms with E-state index in [-0.39, 0.29) is 0 Å². The van der Waals surface area contributed by atoms with Crippen molar-refractivity contribution in [1.82, 2.24) is 0 Å². The Morgan fingerprint density at radius 2 is 2.06 bits per heavy atom. The van der Waals surface area contributed by atoms with Gasteiger partial charge in [0.05, 0.1) is 15.7 Å². The molecule has 1 atom stereocenters. The van der Waals surface area contributed by atoms with Gasteiger partial charge in [-0.3, -0.25) is 0 Å². The Hall–Kier alpha value is -1.12. The van der Waals surface area contributed by atoms with Gasteiger partial charge in [-0.1, -0.05) is 23.7 Å². The van der Waals surface area contributed by atoms with Crippen LogP contribution in [-0.4, -0.2) is 4.21 Å². The molecule has 0 N–H and O–H groups in total. The predicted molar refractivity (Wildman–Crippen MR) is 66.1 cm³/mol. The monoisotopic (exact) mass is 249 g/mol. The second kappa shape index (κ2) is 4.81. The van der Waals surface area contributed by atoms with E-state index in [1.165, 1.54) is 0 Å². The molecule has 3 heteroatoms. The Morgan fingerprint density at radius 1 is 1.25 bits per heavy atom. The molecule has 0 saturated carbocycles. The Kier molecular flexibility index (Phi) is 3.42. The first-order valence-corrected chi connectivity index (χ1v) is 6.35. The highest BCUT2D eigenvalue weighted by Crippen LogP contribution is 2.18. The van der Waals surface area contributed by atoms with E-state index in [0.29, 0.717) is 9.92 Å². The van der Waals surface area contributed by atoms with Gasteiger partial charge < -0.3 is 0 Å². The van der Waals surface area contributed by atoms with E-state index < -0.39 is 10.8 Å². The van der Waals surface area contributed by atoms with E-state index in [2.05, 4.69) is 6.07 Å². The largest absolute Gasteiger partial charge is 0.249 e. The number of aryl methyl sites for hydroxylation is 1. The molecule has 81 valence electrons. The van der Waals surface area contributed by atoms with Crippen LogP contribution in [0.3, 0.4) is 0 Å². The summed E-state index contributed by atoms with van der Waals surface area (Å²) in [6.07, 6.45) is 0. The second-order valence-electron chi connectivity index (χ2n) is 3.46. The van der Waals surface area contributed by atoms with Gasteiger partial charge in [-0.15, -0.1) is 0 Å². The molecule has 1 radical (unpaired) electrons. The van der Waals surface area contributed by atoms with Crippen molar-refractivity contribution >= 4 is 22.4 Å². The SMILES string of the molecule is Cc1cccc(S(=O)c2[c]cc(Cl)cc2)c1. The molecule has 16 heavy (non-hydrogen) atoms. The van der Waals surface area contributed by atoms with Gasteiger partial charge >= 0.3 is 0 Å². The average Bonchev–Trinajstić information content (AvgIpc) is 2.29. The van der Waals surface area contributed by atoms with Crippen molar-refractivity contribution in [2.45, 2.75) is 16.7 Å². The van der Waals surface area contributed by atoms with Crippen molar-refractivity contribution in [3.05, 3.63) is 59.1 Å². The lowest BCUT2D eigenvalue weighted by molar-refractivity contribution is 0.683. The molecule has 0 heterocycles. The fourth-order valence-corrected chi connectivity index (χ4v) is 2.59. The fraction of sp³-hybridized carbons (Fsp3) is 0.0769. The van der Waals surface area contributed by atoms with Crippen LogP contribution in [0.4, 0.5) is 0 Å². The Morgan fingerprint density at radius 3 is 2.69 bits per heavy atom. The molecule has 2 aromatic rings. The van der Waals surface area contributed by atoms with E-state index in [0.717, 1.165) is 10.5 Å². The molecule has 2 rings (SSSR count). The van der Waals surface area contributed by atoms with Crippen LogP contribution in [0.1, 0.15) is 5.56 Å². The molecule has 0 spiro atoms. The predicted octanol–water partition coefficient (Wildman–Crippen LogP) is 3.62.